The third-order valence-corrected chi connectivity index (χ3v) is 7.12. The Labute approximate surface area is 174 Å². The van der Waals surface area contributed by atoms with Crippen LogP contribution in [0.3, 0.4) is 0 Å². The number of thiophene rings is 1. The molecule has 0 aliphatic heterocycles. The molecule has 11 heteroatoms. The fourth-order valence-electron chi connectivity index (χ4n) is 3.05. The number of halogens is 3. The number of sulfone groups is 1. The highest BCUT2D eigenvalue weighted by Crippen LogP contribution is 2.34. The van der Waals surface area contributed by atoms with E-state index < -0.39 is 21.7 Å². The molecule has 30 heavy (non-hydrogen) atoms. The zero-order valence-corrected chi connectivity index (χ0v) is 17.4. The van der Waals surface area contributed by atoms with Crippen molar-refractivity contribution < 1.29 is 21.6 Å². The molecule has 0 spiro atoms. The number of rotatable bonds is 4. The summed E-state index contributed by atoms with van der Waals surface area (Å²) in [5.74, 6) is -0.00611. The summed E-state index contributed by atoms with van der Waals surface area (Å²) in [6.45, 7) is 1.52. The van der Waals surface area contributed by atoms with Crippen LogP contribution in [0.15, 0.2) is 46.2 Å². The molecule has 0 N–H and O–H groups in total. The molecule has 0 saturated heterocycles. The monoisotopic (exact) mass is 452 g/mol. The van der Waals surface area contributed by atoms with Crippen LogP contribution in [-0.2, 0) is 23.1 Å². The van der Waals surface area contributed by atoms with Crippen molar-refractivity contribution >= 4 is 32.2 Å². The molecule has 4 aromatic heterocycles. The van der Waals surface area contributed by atoms with Gasteiger partial charge in [0.1, 0.15) is 11.4 Å². The van der Waals surface area contributed by atoms with Crippen molar-refractivity contribution in [2.75, 3.05) is 5.75 Å². The molecule has 0 aliphatic carbocycles. The zero-order chi connectivity index (χ0) is 21.7. The predicted octanol–water partition coefficient (Wildman–Crippen LogP) is 4.57. The van der Waals surface area contributed by atoms with Crippen LogP contribution in [0.4, 0.5) is 13.2 Å². The fraction of sp³-hybridized carbons (Fsp3) is 0.211. The van der Waals surface area contributed by atoms with Crippen molar-refractivity contribution in [1.82, 2.24) is 19.5 Å². The molecule has 0 bridgehead atoms. The molecule has 4 heterocycles. The second-order valence-electron chi connectivity index (χ2n) is 6.54. The van der Waals surface area contributed by atoms with Gasteiger partial charge in [0.25, 0.3) is 0 Å². The van der Waals surface area contributed by atoms with Gasteiger partial charge in [-0.2, -0.15) is 24.5 Å². The number of hydrogen-bond acceptors (Lipinski definition) is 6. The maximum atomic E-state index is 13.0. The average Bonchev–Trinajstić information content (AvgIpc) is 3.35. The number of nitrogens with zero attached hydrogens (tertiary/aromatic N) is 4. The van der Waals surface area contributed by atoms with E-state index >= 15 is 0 Å². The van der Waals surface area contributed by atoms with Crippen molar-refractivity contribution in [3.63, 3.8) is 0 Å². The van der Waals surface area contributed by atoms with Crippen LogP contribution in [0.1, 0.15) is 12.6 Å². The normalized spacial score (nSPS) is 12.6. The van der Waals surface area contributed by atoms with Gasteiger partial charge in [-0.05, 0) is 34.5 Å². The Morgan fingerprint density at radius 2 is 1.90 bits per heavy atom. The van der Waals surface area contributed by atoms with E-state index in [9.17, 15) is 21.6 Å². The minimum atomic E-state index is -4.61. The van der Waals surface area contributed by atoms with E-state index in [0.717, 1.165) is 17.8 Å². The highest BCUT2D eigenvalue weighted by Gasteiger charge is 2.33. The molecule has 156 valence electrons. The topological polar surface area (TPSA) is 77.7 Å². The summed E-state index contributed by atoms with van der Waals surface area (Å²) in [5, 5.41) is 3.74. The minimum absolute atomic E-state index is 0.0175. The molecular weight excluding hydrogens is 437 g/mol. The molecule has 4 aromatic rings. The number of aryl methyl sites for hydroxylation is 1. The smallest absolute Gasteiger partial charge is 0.324 e. The molecule has 0 aliphatic rings. The first kappa shape index (κ1) is 20.5. The van der Waals surface area contributed by atoms with E-state index in [1.54, 1.807) is 7.05 Å². The first-order valence-electron chi connectivity index (χ1n) is 8.77. The van der Waals surface area contributed by atoms with Gasteiger partial charge in [-0.1, -0.05) is 6.92 Å². The lowest BCUT2D eigenvalue weighted by Crippen LogP contribution is -2.09. The maximum absolute atomic E-state index is 13.0. The van der Waals surface area contributed by atoms with Crippen LogP contribution in [0, 0.1) is 0 Å². The quantitative estimate of drug-likeness (QED) is 0.453. The lowest BCUT2D eigenvalue weighted by molar-refractivity contribution is -0.141. The second-order valence-corrected chi connectivity index (χ2v) is 9.56. The molecule has 6 nitrogen and oxygen atoms in total. The van der Waals surface area contributed by atoms with Crippen molar-refractivity contribution in [3.8, 4) is 22.6 Å². The molecule has 0 atom stereocenters. The van der Waals surface area contributed by atoms with E-state index in [1.807, 2.05) is 16.8 Å². The van der Waals surface area contributed by atoms with Gasteiger partial charge in [0.15, 0.2) is 15.7 Å². The van der Waals surface area contributed by atoms with Crippen LogP contribution in [0.25, 0.3) is 33.7 Å². The van der Waals surface area contributed by atoms with Crippen molar-refractivity contribution in [2.24, 2.45) is 7.05 Å². The van der Waals surface area contributed by atoms with Crippen LogP contribution in [-0.4, -0.2) is 33.7 Å². The van der Waals surface area contributed by atoms with Gasteiger partial charge < -0.3 is 4.57 Å². The molecular formula is C19H15F3N4O2S2. The number of fused-ring (bicyclic) bond motifs is 1. The Balaban J connectivity index is 1.95. The summed E-state index contributed by atoms with van der Waals surface area (Å²) < 4.78 is 66.1. The molecule has 0 aromatic carbocycles. The van der Waals surface area contributed by atoms with Gasteiger partial charge >= 0.3 is 6.18 Å². The Morgan fingerprint density at radius 3 is 2.53 bits per heavy atom. The summed E-state index contributed by atoms with van der Waals surface area (Å²) in [5.41, 5.74) is 0.868. The Hall–Kier alpha value is -2.79. The standard InChI is InChI=1S/C19H15F3N4O2S2/c1-3-30(27,28)15-6-12(11-4-5-29-10-11)8-24-17(15)18-25-13-7-16(19(20,21)22)23-9-14(13)26(18)2/h4-10H,3H2,1-2H3. The molecule has 0 saturated carbocycles. The van der Waals surface area contributed by atoms with Crippen LogP contribution >= 0.6 is 11.3 Å². The summed E-state index contributed by atoms with van der Waals surface area (Å²) in [4.78, 5) is 12.0. The Morgan fingerprint density at radius 1 is 1.13 bits per heavy atom. The first-order chi connectivity index (χ1) is 14.1. The molecule has 0 amide bonds. The minimum Gasteiger partial charge on any atom is -0.324 e. The molecule has 4 rings (SSSR count). The van der Waals surface area contributed by atoms with Crippen LogP contribution in [0.5, 0.6) is 0 Å². The number of pyridine rings is 2. The Bertz CT molecular complexity index is 1340. The van der Waals surface area contributed by atoms with E-state index in [2.05, 4.69) is 15.0 Å². The zero-order valence-electron chi connectivity index (χ0n) is 15.8. The number of aromatic nitrogens is 4. The second kappa shape index (κ2) is 7.17. The molecule has 0 fully saturated rings. The lowest BCUT2D eigenvalue weighted by atomic mass is 10.1. The predicted molar refractivity (Wildman–Crippen MR) is 108 cm³/mol. The summed E-state index contributed by atoms with van der Waals surface area (Å²) in [7, 11) is -2.10. The molecule has 0 unspecified atom stereocenters. The maximum Gasteiger partial charge on any atom is 0.433 e. The first-order valence-corrected chi connectivity index (χ1v) is 11.4. The summed E-state index contributed by atoms with van der Waals surface area (Å²) in [6, 6.07) is 4.22. The SMILES string of the molecule is CCS(=O)(=O)c1cc(-c2ccsc2)cnc1-c1nc2cc(C(F)(F)F)ncc2n1C. The van der Waals surface area contributed by atoms with Gasteiger partial charge in [0.05, 0.1) is 27.9 Å². The van der Waals surface area contributed by atoms with Crippen molar-refractivity contribution in [1.29, 1.82) is 0 Å². The number of hydrogen-bond donors (Lipinski definition) is 0. The number of imidazole rings is 1. The van der Waals surface area contributed by atoms with Crippen LogP contribution < -0.4 is 0 Å². The van der Waals surface area contributed by atoms with E-state index in [4.69, 9.17) is 0 Å². The fourth-order valence-corrected chi connectivity index (χ4v) is 4.77. The van der Waals surface area contributed by atoms with Gasteiger partial charge in [0, 0.05) is 18.8 Å². The van der Waals surface area contributed by atoms with Crippen molar-refractivity contribution in [3.05, 3.63) is 47.0 Å². The van der Waals surface area contributed by atoms with E-state index in [-0.39, 0.29) is 27.7 Å². The van der Waals surface area contributed by atoms with E-state index in [1.165, 1.54) is 35.1 Å². The summed E-state index contributed by atoms with van der Waals surface area (Å²) in [6.07, 6.45) is -2.00. The average molecular weight is 452 g/mol. The third kappa shape index (κ3) is 3.47. The third-order valence-electron chi connectivity index (χ3n) is 4.69. The number of alkyl halides is 3. The van der Waals surface area contributed by atoms with Gasteiger partial charge in [-0.25, -0.2) is 18.4 Å². The van der Waals surface area contributed by atoms with Gasteiger partial charge in [0.2, 0.25) is 0 Å². The highest BCUT2D eigenvalue weighted by molar-refractivity contribution is 7.91. The largest absolute Gasteiger partial charge is 0.433 e. The van der Waals surface area contributed by atoms with E-state index in [0.29, 0.717) is 11.1 Å². The van der Waals surface area contributed by atoms with Gasteiger partial charge in [-0.3, -0.25) is 4.98 Å². The highest BCUT2D eigenvalue weighted by atomic mass is 32.2. The van der Waals surface area contributed by atoms with Crippen molar-refractivity contribution in [2.45, 2.75) is 18.0 Å². The lowest BCUT2D eigenvalue weighted by Gasteiger charge is -2.10. The Kier molecular flexibility index (Phi) is 4.89. The summed E-state index contributed by atoms with van der Waals surface area (Å²) >= 11 is 1.47. The van der Waals surface area contributed by atoms with Crippen LogP contribution in [0.2, 0.25) is 0 Å². The molecule has 0 radical (unpaired) electrons. The van der Waals surface area contributed by atoms with Gasteiger partial charge in [-0.15, -0.1) is 0 Å².